The molecule has 0 saturated carbocycles. The molecule has 17 heavy (non-hydrogen) atoms. The fourth-order valence-electron chi connectivity index (χ4n) is 2.42. The molecule has 1 fully saturated rings. The normalized spacial score (nSPS) is 21.2. The van der Waals surface area contributed by atoms with Crippen molar-refractivity contribution in [1.82, 2.24) is 4.90 Å². The molecule has 0 radical (unpaired) electrons. The fraction of sp³-hybridized carbons (Fsp3) is 1.00. The number of ether oxygens (including phenoxy) is 2. The first-order valence-corrected chi connectivity index (χ1v) is 7.87. The monoisotopic (exact) mass is 307 g/mol. The second-order valence-corrected chi connectivity index (χ2v) is 5.41. The molecule has 102 valence electrons. The lowest BCUT2D eigenvalue weighted by molar-refractivity contribution is 0.0799. The minimum absolute atomic E-state index is 0.801. The van der Waals surface area contributed by atoms with Crippen molar-refractivity contribution in [3.05, 3.63) is 0 Å². The Labute approximate surface area is 114 Å². The summed E-state index contributed by atoms with van der Waals surface area (Å²) in [6.07, 6.45) is 6.35. The lowest BCUT2D eigenvalue weighted by atomic mass is 10.1. The number of nitrogens with zero attached hydrogens (tertiary/aromatic N) is 1. The number of rotatable bonds is 10. The van der Waals surface area contributed by atoms with Crippen molar-refractivity contribution < 1.29 is 9.47 Å². The summed E-state index contributed by atoms with van der Waals surface area (Å²) in [5.74, 6) is 0. The van der Waals surface area contributed by atoms with E-state index in [9.17, 15) is 0 Å². The Morgan fingerprint density at radius 1 is 1.24 bits per heavy atom. The lowest BCUT2D eigenvalue weighted by Crippen LogP contribution is -2.32. The summed E-state index contributed by atoms with van der Waals surface area (Å²) in [5.41, 5.74) is 0. The van der Waals surface area contributed by atoms with Crippen LogP contribution in [-0.2, 0) is 9.47 Å². The van der Waals surface area contributed by atoms with Crippen LogP contribution in [0.5, 0.6) is 0 Å². The Balaban J connectivity index is 2.00. The van der Waals surface area contributed by atoms with Gasteiger partial charge in [0.15, 0.2) is 0 Å². The van der Waals surface area contributed by atoms with Crippen LogP contribution in [0.1, 0.15) is 32.1 Å². The van der Waals surface area contributed by atoms with Gasteiger partial charge in [-0.15, -0.1) is 0 Å². The molecule has 0 amide bonds. The minimum Gasteiger partial charge on any atom is -0.385 e. The van der Waals surface area contributed by atoms with E-state index >= 15 is 0 Å². The number of hydrogen-bond donors (Lipinski definition) is 0. The lowest BCUT2D eigenvalue weighted by Gasteiger charge is -2.24. The van der Waals surface area contributed by atoms with Gasteiger partial charge in [0, 0.05) is 38.2 Å². The molecule has 0 aromatic carbocycles. The van der Waals surface area contributed by atoms with Crippen molar-refractivity contribution in [2.24, 2.45) is 0 Å². The van der Waals surface area contributed by atoms with Gasteiger partial charge < -0.3 is 9.47 Å². The molecule has 0 aromatic rings. The third kappa shape index (κ3) is 6.75. The molecule has 1 atom stereocenters. The van der Waals surface area contributed by atoms with Crippen LogP contribution in [0.2, 0.25) is 0 Å². The SMILES string of the molecule is COCCCOCCN1CCCC1CCCBr. The van der Waals surface area contributed by atoms with Crippen molar-refractivity contribution in [2.75, 3.05) is 45.4 Å². The maximum Gasteiger partial charge on any atom is 0.0593 e. The van der Waals surface area contributed by atoms with E-state index in [1.54, 1.807) is 7.11 Å². The van der Waals surface area contributed by atoms with Crippen LogP contribution in [0.4, 0.5) is 0 Å². The first-order valence-electron chi connectivity index (χ1n) is 6.75. The highest BCUT2D eigenvalue weighted by Gasteiger charge is 2.23. The summed E-state index contributed by atoms with van der Waals surface area (Å²) in [6, 6.07) is 0.801. The number of methoxy groups -OCH3 is 1. The summed E-state index contributed by atoms with van der Waals surface area (Å²) in [7, 11) is 1.73. The van der Waals surface area contributed by atoms with Gasteiger partial charge in [-0.2, -0.15) is 0 Å². The second kappa shape index (κ2) is 10.3. The van der Waals surface area contributed by atoms with E-state index in [0.717, 1.165) is 44.2 Å². The van der Waals surface area contributed by atoms with E-state index in [4.69, 9.17) is 9.47 Å². The van der Waals surface area contributed by atoms with Gasteiger partial charge in [0.05, 0.1) is 6.61 Å². The van der Waals surface area contributed by atoms with Crippen molar-refractivity contribution in [2.45, 2.75) is 38.1 Å². The third-order valence-corrected chi connectivity index (χ3v) is 3.89. The Morgan fingerprint density at radius 2 is 2.12 bits per heavy atom. The quantitative estimate of drug-likeness (QED) is 0.457. The van der Waals surface area contributed by atoms with Crippen LogP contribution in [0, 0.1) is 0 Å². The number of alkyl halides is 1. The molecule has 1 saturated heterocycles. The first-order chi connectivity index (χ1) is 8.38. The molecule has 0 N–H and O–H groups in total. The van der Waals surface area contributed by atoms with Gasteiger partial charge in [-0.05, 0) is 38.6 Å². The average Bonchev–Trinajstić information content (AvgIpc) is 2.78. The zero-order valence-corrected chi connectivity index (χ0v) is 12.6. The summed E-state index contributed by atoms with van der Waals surface area (Å²) in [5, 5.41) is 1.13. The highest BCUT2D eigenvalue weighted by atomic mass is 79.9. The van der Waals surface area contributed by atoms with Gasteiger partial charge >= 0.3 is 0 Å². The summed E-state index contributed by atoms with van der Waals surface area (Å²) in [6.45, 7) is 4.86. The largest absolute Gasteiger partial charge is 0.385 e. The molecule has 1 aliphatic heterocycles. The molecule has 3 nitrogen and oxygen atoms in total. The predicted octanol–water partition coefficient (Wildman–Crippen LogP) is 2.68. The highest BCUT2D eigenvalue weighted by molar-refractivity contribution is 9.09. The fourth-order valence-corrected chi connectivity index (χ4v) is 2.74. The topological polar surface area (TPSA) is 21.7 Å². The van der Waals surface area contributed by atoms with Gasteiger partial charge in [0.2, 0.25) is 0 Å². The number of halogens is 1. The summed E-state index contributed by atoms with van der Waals surface area (Å²) < 4.78 is 10.6. The van der Waals surface area contributed by atoms with Crippen LogP contribution in [-0.4, -0.2) is 56.3 Å². The van der Waals surface area contributed by atoms with Crippen LogP contribution >= 0.6 is 15.9 Å². The van der Waals surface area contributed by atoms with Crippen LogP contribution in [0.15, 0.2) is 0 Å². The molecule has 0 spiro atoms. The molecule has 1 heterocycles. The van der Waals surface area contributed by atoms with Crippen molar-refractivity contribution in [3.63, 3.8) is 0 Å². The second-order valence-electron chi connectivity index (χ2n) is 4.62. The molecule has 0 aromatic heterocycles. The Kier molecular flexibility index (Phi) is 9.34. The van der Waals surface area contributed by atoms with Crippen molar-refractivity contribution in [1.29, 1.82) is 0 Å². The predicted molar refractivity (Wildman–Crippen MR) is 74.9 cm³/mol. The Morgan fingerprint density at radius 3 is 2.88 bits per heavy atom. The average molecular weight is 308 g/mol. The molecule has 0 aliphatic carbocycles. The van der Waals surface area contributed by atoms with Crippen LogP contribution in [0.3, 0.4) is 0 Å². The van der Waals surface area contributed by atoms with Crippen molar-refractivity contribution >= 4 is 15.9 Å². The van der Waals surface area contributed by atoms with Gasteiger partial charge in [0.1, 0.15) is 0 Å². The van der Waals surface area contributed by atoms with E-state index in [1.165, 1.54) is 32.2 Å². The summed E-state index contributed by atoms with van der Waals surface area (Å²) >= 11 is 3.51. The smallest absolute Gasteiger partial charge is 0.0593 e. The zero-order chi connectivity index (χ0) is 12.3. The van der Waals surface area contributed by atoms with Gasteiger partial charge in [-0.25, -0.2) is 0 Å². The molecular formula is C13H26BrNO2. The van der Waals surface area contributed by atoms with E-state index in [0.29, 0.717) is 0 Å². The van der Waals surface area contributed by atoms with Gasteiger partial charge in [-0.1, -0.05) is 15.9 Å². The molecule has 0 bridgehead atoms. The molecule has 1 aliphatic rings. The maximum absolute atomic E-state index is 5.62. The first kappa shape index (κ1) is 15.4. The zero-order valence-electron chi connectivity index (χ0n) is 11.0. The van der Waals surface area contributed by atoms with E-state index in [-0.39, 0.29) is 0 Å². The van der Waals surface area contributed by atoms with E-state index in [1.807, 2.05) is 0 Å². The van der Waals surface area contributed by atoms with Gasteiger partial charge in [0.25, 0.3) is 0 Å². The minimum atomic E-state index is 0.801. The van der Waals surface area contributed by atoms with E-state index in [2.05, 4.69) is 20.8 Å². The molecular weight excluding hydrogens is 282 g/mol. The van der Waals surface area contributed by atoms with Crippen LogP contribution in [0.25, 0.3) is 0 Å². The molecule has 1 rings (SSSR count). The molecule has 4 heteroatoms. The van der Waals surface area contributed by atoms with Gasteiger partial charge in [-0.3, -0.25) is 4.90 Å². The van der Waals surface area contributed by atoms with Crippen LogP contribution < -0.4 is 0 Å². The van der Waals surface area contributed by atoms with E-state index < -0.39 is 0 Å². The maximum atomic E-state index is 5.62. The third-order valence-electron chi connectivity index (χ3n) is 3.33. The standard InChI is InChI=1S/C13H26BrNO2/c1-16-10-4-11-17-12-9-15-8-3-6-13(15)5-2-7-14/h13H,2-12H2,1H3. The number of hydrogen-bond acceptors (Lipinski definition) is 3. The Bertz CT molecular complexity index is 181. The highest BCUT2D eigenvalue weighted by Crippen LogP contribution is 2.21. The summed E-state index contributed by atoms with van der Waals surface area (Å²) in [4.78, 5) is 2.60. The number of likely N-dealkylation sites (tertiary alicyclic amines) is 1. The Hall–Kier alpha value is 0.360. The van der Waals surface area contributed by atoms with Crippen molar-refractivity contribution in [3.8, 4) is 0 Å². The molecule has 1 unspecified atom stereocenters.